The van der Waals surface area contributed by atoms with Crippen LogP contribution >= 0.6 is 0 Å². The van der Waals surface area contributed by atoms with Crippen molar-refractivity contribution in [2.24, 2.45) is 5.92 Å². The lowest BCUT2D eigenvalue weighted by Gasteiger charge is -2.13. The van der Waals surface area contributed by atoms with Gasteiger partial charge >= 0.3 is 0 Å². The summed E-state index contributed by atoms with van der Waals surface area (Å²) in [7, 11) is 0. The van der Waals surface area contributed by atoms with Gasteiger partial charge < -0.3 is 5.32 Å². The maximum Gasteiger partial charge on any atom is 0.0576 e. The van der Waals surface area contributed by atoms with E-state index in [1.165, 1.54) is 19.3 Å². The molecule has 1 saturated carbocycles. The highest BCUT2D eigenvalue weighted by atomic mass is 14.9. The molecule has 1 fully saturated rings. The fourth-order valence-electron chi connectivity index (χ4n) is 1.33. The van der Waals surface area contributed by atoms with Crippen molar-refractivity contribution in [2.45, 2.75) is 32.2 Å². The van der Waals surface area contributed by atoms with Crippen molar-refractivity contribution in [3.63, 3.8) is 0 Å². The van der Waals surface area contributed by atoms with Crippen molar-refractivity contribution in [2.75, 3.05) is 6.54 Å². The zero-order chi connectivity index (χ0) is 7.40. The van der Waals surface area contributed by atoms with E-state index in [9.17, 15) is 0 Å². The lowest BCUT2D eigenvalue weighted by Crippen LogP contribution is -2.30. The fourth-order valence-corrected chi connectivity index (χ4v) is 1.33. The predicted molar refractivity (Wildman–Crippen MR) is 43.6 cm³/mol. The van der Waals surface area contributed by atoms with Crippen LogP contribution in [-0.4, -0.2) is 12.6 Å². The summed E-state index contributed by atoms with van der Waals surface area (Å²) in [6.07, 6.45) is 9.15. The minimum absolute atomic E-state index is 0.691. The normalized spacial score (nSPS) is 20.0. The zero-order valence-corrected chi connectivity index (χ0v) is 6.56. The predicted octanol–water partition coefficient (Wildman–Crippen LogP) is 1.40. The highest BCUT2D eigenvalue weighted by Crippen LogP contribution is 2.33. The Morgan fingerprint density at radius 2 is 2.40 bits per heavy atom. The maximum absolute atomic E-state index is 5.14. The molecule has 1 N–H and O–H groups in total. The zero-order valence-electron chi connectivity index (χ0n) is 6.56. The summed E-state index contributed by atoms with van der Waals surface area (Å²) in [4.78, 5) is 0. The Hall–Kier alpha value is -0.480. The van der Waals surface area contributed by atoms with E-state index in [1.54, 1.807) is 0 Å². The van der Waals surface area contributed by atoms with Crippen LogP contribution in [0.5, 0.6) is 0 Å². The average molecular weight is 137 g/mol. The summed E-state index contributed by atoms with van der Waals surface area (Å²) < 4.78 is 0. The van der Waals surface area contributed by atoms with Crippen LogP contribution in [0, 0.1) is 18.3 Å². The topological polar surface area (TPSA) is 12.0 Å². The summed E-state index contributed by atoms with van der Waals surface area (Å²) in [6.45, 7) is 2.95. The molecule has 0 aromatic heterocycles. The SMILES string of the molecule is C#CCNC(CC)C1CC1. The molecule has 56 valence electrons. The van der Waals surface area contributed by atoms with Crippen LogP contribution in [0.25, 0.3) is 0 Å². The molecule has 1 nitrogen and oxygen atoms in total. The molecule has 10 heavy (non-hydrogen) atoms. The summed E-state index contributed by atoms with van der Waals surface area (Å²) in [5.41, 5.74) is 0. The molecule has 1 aliphatic rings. The van der Waals surface area contributed by atoms with Crippen molar-refractivity contribution in [3.05, 3.63) is 0 Å². The molecule has 0 bridgehead atoms. The number of hydrogen-bond acceptors (Lipinski definition) is 1. The van der Waals surface area contributed by atoms with Gasteiger partial charge in [-0.05, 0) is 25.2 Å². The number of rotatable bonds is 4. The van der Waals surface area contributed by atoms with E-state index >= 15 is 0 Å². The minimum Gasteiger partial charge on any atom is -0.303 e. The molecular formula is C9H15N. The Bertz CT molecular complexity index is 130. The van der Waals surface area contributed by atoms with Gasteiger partial charge in [-0.25, -0.2) is 0 Å². The Balaban J connectivity index is 2.14. The van der Waals surface area contributed by atoms with Crippen molar-refractivity contribution >= 4 is 0 Å². The minimum atomic E-state index is 0.691. The van der Waals surface area contributed by atoms with Crippen LogP contribution < -0.4 is 5.32 Å². The molecule has 0 aliphatic heterocycles. The van der Waals surface area contributed by atoms with Crippen LogP contribution in [0.1, 0.15) is 26.2 Å². The quantitative estimate of drug-likeness (QED) is 0.577. The number of terminal acetylenes is 1. The van der Waals surface area contributed by atoms with E-state index in [0.29, 0.717) is 6.04 Å². The molecule has 1 aliphatic carbocycles. The van der Waals surface area contributed by atoms with Crippen LogP contribution in [0.15, 0.2) is 0 Å². The summed E-state index contributed by atoms with van der Waals surface area (Å²) in [6, 6.07) is 0.691. The Labute approximate surface area is 63.2 Å². The molecular weight excluding hydrogens is 122 g/mol. The maximum atomic E-state index is 5.14. The van der Waals surface area contributed by atoms with Crippen LogP contribution in [0.2, 0.25) is 0 Å². The van der Waals surface area contributed by atoms with Crippen molar-refractivity contribution < 1.29 is 0 Å². The van der Waals surface area contributed by atoms with Gasteiger partial charge in [0.1, 0.15) is 0 Å². The number of nitrogens with one attached hydrogen (secondary N) is 1. The molecule has 0 saturated heterocycles. The fraction of sp³-hybridized carbons (Fsp3) is 0.778. The van der Waals surface area contributed by atoms with Crippen molar-refractivity contribution in [3.8, 4) is 12.3 Å². The van der Waals surface area contributed by atoms with Gasteiger partial charge in [0, 0.05) is 6.04 Å². The molecule has 0 amide bonds. The monoisotopic (exact) mass is 137 g/mol. The molecule has 0 aromatic rings. The molecule has 1 atom stereocenters. The third-order valence-electron chi connectivity index (χ3n) is 2.10. The van der Waals surface area contributed by atoms with Crippen LogP contribution in [0.3, 0.4) is 0 Å². The van der Waals surface area contributed by atoms with Crippen molar-refractivity contribution in [1.29, 1.82) is 0 Å². The smallest absolute Gasteiger partial charge is 0.0576 e. The van der Waals surface area contributed by atoms with E-state index in [0.717, 1.165) is 12.5 Å². The van der Waals surface area contributed by atoms with Crippen LogP contribution in [-0.2, 0) is 0 Å². The van der Waals surface area contributed by atoms with Crippen LogP contribution in [0.4, 0.5) is 0 Å². The number of hydrogen-bond donors (Lipinski definition) is 1. The molecule has 1 heteroatoms. The first kappa shape index (κ1) is 7.63. The van der Waals surface area contributed by atoms with Gasteiger partial charge in [-0.15, -0.1) is 6.42 Å². The largest absolute Gasteiger partial charge is 0.303 e. The molecule has 0 aromatic carbocycles. The van der Waals surface area contributed by atoms with E-state index in [-0.39, 0.29) is 0 Å². The second-order valence-electron chi connectivity index (χ2n) is 2.94. The molecule has 1 unspecified atom stereocenters. The molecule has 0 radical (unpaired) electrons. The summed E-state index contributed by atoms with van der Waals surface area (Å²) in [5.74, 6) is 3.53. The Kier molecular flexibility index (Phi) is 2.77. The van der Waals surface area contributed by atoms with Gasteiger partial charge in [-0.2, -0.15) is 0 Å². The Morgan fingerprint density at radius 1 is 1.70 bits per heavy atom. The third kappa shape index (κ3) is 2.04. The second-order valence-corrected chi connectivity index (χ2v) is 2.94. The molecule has 1 rings (SSSR count). The van der Waals surface area contributed by atoms with Gasteiger partial charge in [0.2, 0.25) is 0 Å². The lowest BCUT2D eigenvalue weighted by atomic mass is 10.1. The van der Waals surface area contributed by atoms with E-state index in [2.05, 4.69) is 18.2 Å². The average Bonchev–Trinajstić information content (AvgIpc) is 2.73. The van der Waals surface area contributed by atoms with Gasteiger partial charge in [0.05, 0.1) is 6.54 Å². The van der Waals surface area contributed by atoms with Gasteiger partial charge in [-0.3, -0.25) is 0 Å². The van der Waals surface area contributed by atoms with Crippen molar-refractivity contribution in [1.82, 2.24) is 5.32 Å². The first-order valence-electron chi connectivity index (χ1n) is 4.05. The standard InChI is InChI=1S/C9H15N/c1-3-7-10-9(4-2)8-5-6-8/h1,8-10H,4-7H2,2H3. The van der Waals surface area contributed by atoms with E-state index in [1.807, 2.05) is 0 Å². The summed E-state index contributed by atoms with van der Waals surface area (Å²) >= 11 is 0. The highest BCUT2D eigenvalue weighted by molar-refractivity contribution is 4.92. The highest BCUT2D eigenvalue weighted by Gasteiger charge is 2.28. The second kappa shape index (κ2) is 3.63. The first-order valence-corrected chi connectivity index (χ1v) is 4.05. The van der Waals surface area contributed by atoms with Gasteiger partial charge in [-0.1, -0.05) is 12.8 Å². The lowest BCUT2D eigenvalue weighted by molar-refractivity contribution is 0.474. The Morgan fingerprint density at radius 3 is 2.80 bits per heavy atom. The molecule has 0 heterocycles. The first-order chi connectivity index (χ1) is 4.88. The van der Waals surface area contributed by atoms with Gasteiger partial charge in [0.25, 0.3) is 0 Å². The third-order valence-corrected chi connectivity index (χ3v) is 2.10. The molecule has 0 spiro atoms. The van der Waals surface area contributed by atoms with E-state index in [4.69, 9.17) is 6.42 Å². The van der Waals surface area contributed by atoms with E-state index < -0.39 is 0 Å². The van der Waals surface area contributed by atoms with Gasteiger partial charge in [0.15, 0.2) is 0 Å². The summed E-state index contributed by atoms with van der Waals surface area (Å²) in [5, 5.41) is 3.34.